The van der Waals surface area contributed by atoms with Crippen molar-refractivity contribution in [2.45, 2.75) is 6.92 Å². The highest BCUT2D eigenvalue weighted by molar-refractivity contribution is 5.71. The van der Waals surface area contributed by atoms with Gasteiger partial charge in [-0.25, -0.2) is 0 Å². The van der Waals surface area contributed by atoms with E-state index in [2.05, 4.69) is 0 Å². The third-order valence-electron chi connectivity index (χ3n) is 1.86. The maximum atomic E-state index is 10.8. The SMILES string of the molecule is COc1cc(/C=C/CO)ccc1OC(C)=O. The first-order chi connectivity index (χ1) is 7.67. The van der Waals surface area contributed by atoms with Crippen molar-refractivity contribution in [3.8, 4) is 11.5 Å². The molecule has 0 saturated carbocycles. The van der Waals surface area contributed by atoms with E-state index in [1.54, 1.807) is 30.4 Å². The number of carbonyl (C=O) groups excluding carboxylic acids is 1. The summed E-state index contributed by atoms with van der Waals surface area (Å²) in [4.78, 5) is 10.8. The average Bonchev–Trinajstić information content (AvgIpc) is 2.27. The Kier molecular flexibility index (Phi) is 4.54. The van der Waals surface area contributed by atoms with E-state index in [1.807, 2.05) is 0 Å². The molecule has 1 N–H and O–H groups in total. The van der Waals surface area contributed by atoms with Crippen LogP contribution >= 0.6 is 0 Å². The summed E-state index contributed by atoms with van der Waals surface area (Å²) in [7, 11) is 1.50. The first kappa shape index (κ1) is 12.3. The molecule has 0 aliphatic heterocycles. The Morgan fingerprint density at radius 2 is 2.19 bits per heavy atom. The van der Waals surface area contributed by atoms with Crippen molar-refractivity contribution in [3.05, 3.63) is 29.8 Å². The topological polar surface area (TPSA) is 55.8 Å². The Labute approximate surface area is 94.1 Å². The number of hydrogen-bond donors (Lipinski definition) is 1. The fraction of sp³-hybridized carbons (Fsp3) is 0.250. The third kappa shape index (κ3) is 3.40. The smallest absolute Gasteiger partial charge is 0.308 e. The van der Waals surface area contributed by atoms with Crippen LogP contribution in [-0.2, 0) is 4.79 Å². The summed E-state index contributed by atoms with van der Waals surface area (Å²) >= 11 is 0. The largest absolute Gasteiger partial charge is 0.493 e. The Morgan fingerprint density at radius 3 is 2.75 bits per heavy atom. The number of carbonyl (C=O) groups is 1. The molecular weight excluding hydrogens is 208 g/mol. The number of esters is 1. The van der Waals surface area contributed by atoms with Crippen LogP contribution in [0.4, 0.5) is 0 Å². The number of rotatable bonds is 4. The van der Waals surface area contributed by atoms with Crippen molar-refractivity contribution in [1.29, 1.82) is 0 Å². The minimum absolute atomic E-state index is 0.0198. The second-order valence-electron chi connectivity index (χ2n) is 3.09. The monoisotopic (exact) mass is 222 g/mol. The summed E-state index contributed by atoms with van der Waals surface area (Å²) in [5, 5.41) is 8.64. The molecule has 86 valence electrons. The number of ether oxygens (including phenoxy) is 2. The van der Waals surface area contributed by atoms with Crippen molar-refractivity contribution >= 4 is 12.0 Å². The predicted molar refractivity (Wildman–Crippen MR) is 60.4 cm³/mol. The van der Waals surface area contributed by atoms with Crippen LogP contribution in [0, 0.1) is 0 Å². The molecule has 0 saturated heterocycles. The quantitative estimate of drug-likeness (QED) is 0.621. The van der Waals surface area contributed by atoms with E-state index in [1.165, 1.54) is 14.0 Å². The molecule has 0 heterocycles. The molecular formula is C12H14O4. The van der Waals surface area contributed by atoms with Crippen LogP contribution in [0.3, 0.4) is 0 Å². The maximum absolute atomic E-state index is 10.8. The molecule has 0 aliphatic rings. The molecule has 0 amide bonds. The summed E-state index contributed by atoms with van der Waals surface area (Å²) in [6.07, 6.45) is 3.36. The van der Waals surface area contributed by atoms with Gasteiger partial charge in [-0.05, 0) is 17.7 Å². The van der Waals surface area contributed by atoms with Gasteiger partial charge in [-0.15, -0.1) is 0 Å². The second kappa shape index (κ2) is 5.92. The van der Waals surface area contributed by atoms with Crippen LogP contribution in [-0.4, -0.2) is 24.8 Å². The Balaban J connectivity index is 2.96. The lowest BCUT2D eigenvalue weighted by atomic mass is 10.2. The van der Waals surface area contributed by atoms with Crippen molar-refractivity contribution in [3.63, 3.8) is 0 Å². The summed E-state index contributed by atoms with van der Waals surface area (Å²) in [5.74, 6) is 0.475. The van der Waals surface area contributed by atoms with Crippen molar-refractivity contribution in [1.82, 2.24) is 0 Å². The zero-order valence-electron chi connectivity index (χ0n) is 9.27. The maximum Gasteiger partial charge on any atom is 0.308 e. The van der Waals surface area contributed by atoms with Gasteiger partial charge in [0.1, 0.15) is 0 Å². The molecule has 16 heavy (non-hydrogen) atoms. The number of benzene rings is 1. The Morgan fingerprint density at radius 1 is 1.44 bits per heavy atom. The molecule has 1 aromatic rings. The molecule has 4 nitrogen and oxygen atoms in total. The molecule has 0 unspecified atom stereocenters. The van der Waals surface area contributed by atoms with Gasteiger partial charge in [0.05, 0.1) is 13.7 Å². The van der Waals surface area contributed by atoms with Gasteiger partial charge in [-0.3, -0.25) is 4.79 Å². The minimum atomic E-state index is -0.392. The molecule has 0 aromatic heterocycles. The second-order valence-corrected chi connectivity index (χ2v) is 3.09. The van der Waals surface area contributed by atoms with Crippen molar-refractivity contribution < 1.29 is 19.4 Å². The lowest BCUT2D eigenvalue weighted by Crippen LogP contribution is -2.03. The molecule has 4 heteroatoms. The minimum Gasteiger partial charge on any atom is -0.493 e. The zero-order valence-corrected chi connectivity index (χ0v) is 9.27. The first-order valence-electron chi connectivity index (χ1n) is 4.81. The fourth-order valence-corrected chi connectivity index (χ4v) is 1.22. The third-order valence-corrected chi connectivity index (χ3v) is 1.86. The number of aliphatic hydroxyl groups is 1. The van der Waals surface area contributed by atoms with E-state index in [4.69, 9.17) is 14.6 Å². The van der Waals surface area contributed by atoms with E-state index in [0.717, 1.165) is 5.56 Å². The normalized spacial score (nSPS) is 10.4. The van der Waals surface area contributed by atoms with Gasteiger partial charge in [-0.1, -0.05) is 18.2 Å². The molecule has 0 bridgehead atoms. The van der Waals surface area contributed by atoms with Crippen LogP contribution in [0.25, 0.3) is 6.08 Å². The van der Waals surface area contributed by atoms with Crippen LogP contribution < -0.4 is 9.47 Å². The van der Waals surface area contributed by atoms with Crippen LogP contribution in [0.5, 0.6) is 11.5 Å². The highest BCUT2D eigenvalue weighted by Crippen LogP contribution is 2.28. The summed E-state index contributed by atoms with van der Waals surface area (Å²) in [5.41, 5.74) is 0.863. The Bertz CT molecular complexity index is 396. The molecule has 1 rings (SSSR count). The van der Waals surface area contributed by atoms with Crippen LogP contribution in [0.15, 0.2) is 24.3 Å². The van der Waals surface area contributed by atoms with E-state index in [9.17, 15) is 4.79 Å². The molecule has 0 fully saturated rings. The summed E-state index contributed by atoms with van der Waals surface area (Å²) in [6, 6.07) is 5.15. The van der Waals surface area contributed by atoms with E-state index in [0.29, 0.717) is 11.5 Å². The first-order valence-corrected chi connectivity index (χ1v) is 4.81. The van der Waals surface area contributed by atoms with Gasteiger partial charge in [0.15, 0.2) is 11.5 Å². The van der Waals surface area contributed by atoms with Gasteiger partial charge >= 0.3 is 5.97 Å². The Hall–Kier alpha value is -1.81. The number of aliphatic hydroxyl groups excluding tert-OH is 1. The predicted octanol–water partition coefficient (Wildman–Crippen LogP) is 1.63. The average molecular weight is 222 g/mol. The van der Waals surface area contributed by atoms with Gasteiger partial charge in [0.25, 0.3) is 0 Å². The number of methoxy groups -OCH3 is 1. The van der Waals surface area contributed by atoms with Gasteiger partial charge in [0.2, 0.25) is 0 Å². The fourth-order valence-electron chi connectivity index (χ4n) is 1.22. The van der Waals surface area contributed by atoms with E-state index in [-0.39, 0.29) is 6.61 Å². The van der Waals surface area contributed by atoms with Crippen LogP contribution in [0.2, 0.25) is 0 Å². The zero-order chi connectivity index (χ0) is 12.0. The van der Waals surface area contributed by atoms with Crippen molar-refractivity contribution in [2.75, 3.05) is 13.7 Å². The summed E-state index contributed by atoms with van der Waals surface area (Å²) in [6.45, 7) is 1.31. The molecule has 0 spiro atoms. The lowest BCUT2D eigenvalue weighted by molar-refractivity contribution is -0.132. The molecule has 0 radical (unpaired) electrons. The van der Waals surface area contributed by atoms with Gasteiger partial charge in [0, 0.05) is 6.92 Å². The highest BCUT2D eigenvalue weighted by atomic mass is 16.6. The molecule has 1 aromatic carbocycles. The van der Waals surface area contributed by atoms with E-state index < -0.39 is 5.97 Å². The standard InChI is InChI=1S/C12H14O4/c1-9(14)16-11-6-5-10(4-3-7-13)8-12(11)15-2/h3-6,8,13H,7H2,1-2H3/b4-3+. The molecule has 0 aliphatic carbocycles. The number of hydrogen-bond acceptors (Lipinski definition) is 4. The molecule has 0 atom stereocenters. The van der Waals surface area contributed by atoms with Gasteiger partial charge in [-0.2, -0.15) is 0 Å². The summed E-state index contributed by atoms with van der Waals surface area (Å²) < 4.78 is 10.1. The van der Waals surface area contributed by atoms with Gasteiger partial charge < -0.3 is 14.6 Å². The highest BCUT2D eigenvalue weighted by Gasteiger charge is 2.06. The lowest BCUT2D eigenvalue weighted by Gasteiger charge is -2.08. The van der Waals surface area contributed by atoms with E-state index >= 15 is 0 Å². The van der Waals surface area contributed by atoms with Crippen LogP contribution in [0.1, 0.15) is 12.5 Å². The van der Waals surface area contributed by atoms with Crippen molar-refractivity contribution in [2.24, 2.45) is 0 Å².